The minimum Gasteiger partial charge on any atom is -0.451 e. The van der Waals surface area contributed by atoms with Crippen molar-refractivity contribution >= 4 is 5.69 Å². The summed E-state index contributed by atoms with van der Waals surface area (Å²) < 4.78 is 10.9. The van der Waals surface area contributed by atoms with Crippen molar-refractivity contribution in [3.8, 4) is 29.0 Å². The Morgan fingerprint density at radius 2 is 1.75 bits per heavy atom. The first-order valence-corrected chi connectivity index (χ1v) is 5.74. The number of hydrogen-bond donors (Lipinski definition) is 0. The number of aromatic nitrogens is 1. The Balaban J connectivity index is 1.93. The highest BCUT2D eigenvalue weighted by Gasteiger charge is 2.11. The van der Waals surface area contributed by atoms with Crippen LogP contribution in [0, 0.1) is 17.9 Å². The van der Waals surface area contributed by atoms with Crippen LogP contribution in [0.2, 0.25) is 0 Å². The SMILES string of the molecule is [C-]#[N+]c1ccc(-c2ccc(-c3ccc(C#N)o3)o2)nc1. The molecule has 0 atom stereocenters. The van der Waals surface area contributed by atoms with E-state index in [9.17, 15) is 0 Å². The first-order chi connectivity index (χ1) is 9.80. The second-order valence-corrected chi connectivity index (χ2v) is 3.95. The molecule has 0 N–H and O–H groups in total. The van der Waals surface area contributed by atoms with Gasteiger partial charge >= 0.3 is 0 Å². The van der Waals surface area contributed by atoms with Crippen LogP contribution in [-0.2, 0) is 0 Å². The molecule has 94 valence electrons. The zero-order chi connectivity index (χ0) is 13.9. The van der Waals surface area contributed by atoms with Crippen LogP contribution in [0.1, 0.15) is 5.76 Å². The van der Waals surface area contributed by atoms with Crippen LogP contribution < -0.4 is 0 Å². The molecule has 0 aliphatic carbocycles. The minimum atomic E-state index is 0.234. The third-order valence-corrected chi connectivity index (χ3v) is 2.69. The van der Waals surface area contributed by atoms with Crippen molar-refractivity contribution in [2.45, 2.75) is 0 Å². The average Bonchev–Trinajstić information content (AvgIpc) is 3.16. The summed E-state index contributed by atoms with van der Waals surface area (Å²) in [5.74, 6) is 1.83. The van der Waals surface area contributed by atoms with Gasteiger partial charge in [0.05, 0.1) is 6.57 Å². The fourth-order valence-corrected chi connectivity index (χ4v) is 1.74. The maximum Gasteiger partial charge on any atom is 0.205 e. The third kappa shape index (κ3) is 2.05. The predicted octanol–water partition coefficient (Wildman–Crippen LogP) is 4.02. The second kappa shape index (κ2) is 4.75. The highest BCUT2D eigenvalue weighted by Crippen LogP contribution is 2.29. The molecular formula is C15H7N3O2. The van der Waals surface area contributed by atoms with E-state index in [0.717, 1.165) is 0 Å². The van der Waals surface area contributed by atoms with Crippen LogP contribution in [0.5, 0.6) is 0 Å². The number of pyridine rings is 1. The summed E-state index contributed by atoms with van der Waals surface area (Å²) in [5.41, 5.74) is 1.11. The Morgan fingerprint density at radius 1 is 1.00 bits per heavy atom. The van der Waals surface area contributed by atoms with Gasteiger partial charge in [-0.2, -0.15) is 5.26 Å². The number of hydrogen-bond acceptors (Lipinski definition) is 4. The molecule has 3 aromatic heterocycles. The van der Waals surface area contributed by atoms with E-state index in [1.165, 1.54) is 6.20 Å². The van der Waals surface area contributed by atoms with Gasteiger partial charge in [-0.05, 0) is 30.3 Å². The predicted molar refractivity (Wildman–Crippen MR) is 70.6 cm³/mol. The standard InChI is InChI=1S/C15H7N3O2/c1-17-10-2-4-12(18-9-10)13-6-7-15(20-13)14-5-3-11(8-16)19-14/h2-7,9H. The topological polar surface area (TPSA) is 67.3 Å². The molecule has 3 heterocycles. The average molecular weight is 261 g/mol. The summed E-state index contributed by atoms with van der Waals surface area (Å²) in [6, 6.07) is 12.1. The summed E-state index contributed by atoms with van der Waals surface area (Å²) in [4.78, 5) is 7.44. The van der Waals surface area contributed by atoms with Crippen molar-refractivity contribution in [2.75, 3.05) is 0 Å². The second-order valence-electron chi connectivity index (χ2n) is 3.95. The van der Waals surface area contributed by atoms with E-state index in [4.69, 9.17) is 20.7 Å². The molecule has 0 aromatic carbocycles. The zero-order valence-electron chi connectivity index (χ0n) is 10.2. The Kier molecular flexibility index (Phi) is 2.80. The van der Waals surface area contributed by atoms with Crippen molar-refractivity contribution < 1.29 is 8.83 Å². The molecule has 0 unspecified atom stereocenters. The lowest BCUT2D eigenvalue weighted by Crippen LogP contribution is -1.78. The Hall–Kier alpha value is -3.31. The zero-order valence-corrected chi connectivity index (χ0v) is 10.2. The van der Waals surface area contributed by atoms with Crippen molar-refractivity contribution in [3.05, 3.63) is 59.8 Å². The molecule has 3 rings (SSSR count). The molecule has 5 heteroatoms. The molecule has 0 spiro atoms. The summed E-state index contributed by atoms with van der Waals surface area (Å²) in [6.07, 6.45) is 1.49. The summed E-state index contributed by atoms with van der Waals surface area (Å²) in [6.45, 7) is 6.88. The van der Waals surface area contributed by atoms with E-state index in [1.54, 1.807) is 36.4 Å². The minimum absolute atomic E-state index is 0.234. The largest absolute Gasteiger partial charge is 0.451 e. The Labute approximate surface area is 114 Å². The van der Waals surface area contributed by atoms with Gasteiger partial charge < -0.3 is 8.83 Å². The number of rotatable bonds is 2. The maximum atomic E-state index is 8.72. The number of nitriles is 1. The summed E-state index contributed by atoms with van der Waals surface area (Å²) >= 11 is 0. The van der Waals surface area contributed by atoms with E-state index in [2.05, 4.69) is 9.83 Å². The van der Waals surface area contributed by atoms with Crippen LogP contribution in [0.25, 0.3) is 27.8 Å². The van der Waals surface area contributed by atoms with E-state index in [1.807, 2.05) is 6.07 Å². The van der Waals surface area contributed by atoms with Crippen molar-refractivity contribution in [3.63, 3.8) is 0 Å². The quantitative estimate of drug-likeness (QED) is 0.653. The summed E-state index contributed by atoms with van der Waals surface area (Å²) in [7, 11) is 0. The third-order valence-electron chi connectivity index (χ3n) is 2.69. The smallest absolute Gasteiger partial charge is 0.205 e. The molecular weight excluding hydrogens is 254 g/mol. The van der Waals surface area contributed by atoms with Gasteiger partial charge in [-0.15, -0.1) is 0 Å². The van der Waals surface area contributed by atoms with Gasteiger partial charge in [0.25, 0.3) is 0 Å². The van der Waals surface area contributed by atoms with Gasteiger partial charge in [-0.3, -0.25) is 4.98 Å². The van der Waals surface area contributed by atoms with Gasteiger partial charge in [0.15, 0.2) is 17.3 Å². The fraction of sp³-hybridized carbons (Fsp3) is 0. The molecule has 0 saturated heterocycles. The van der Waals surface area contributed by atoms with Crippen LogP contribution in [0.15, 0.2) is 51.4 Å². The van der Waals surface area contributed by atoms with Crippen LogP contribution in [0.3, 0.4) is 0 Å². The molecule has 0 amide bonds. The van der Waals surface area contributed by atoms with Gasteiger partial charge in [0, 0.05) is 6.20 Å². The van der Waals surface area contributed by atoms with E-state index in [0.29, 0.717) is 28.7 Å². The number of nitrogens with zero attached hydrogens (tertiary/aromatic N) is 3. The first kappa shape index (κ1) is 11.8. The van der Waals surface area contributed by atoms with Crippen LogP contribution >= 0.6 is 0 Å². The Bertz CT molecular complexity index is 829. The lowest BCUT2D eigenvalue weighted by Gasteiger charge is -1.96. The molecule has 0 fully saturated rings. The molecule has 5 nitrogen and oxygen atoms in total. The fourth-order valence-electron chi connectivity index (χ4n) is 1.74. The highest BCUT2D eigenvalue weighted by atomic mass is 16.4. The number of furan rings is 2. The van der Waals surface area contributed by atoms with Crippen molar-refractivity contribution in [1.82, 2.24) is 4.98 Å². The monoisotopic (exact) mass is 261 g/mol. The molecule has 20 heavy (non-hydrogen) atoms. The Morgan fingerprint density at radius 3 is 2.40 bits per heavy atom. The van der Waals surface area contributed by atoms with Crippen molar-refractivity contribution in [2.24, 2.45) is 0 Å². The van der Waals surface area contributed by atoms with Gasteiger partial charge in [-0.1, -0.05) is 6.07 Å². The molecule has 0 aliphatic heterocycles. The first-order valence-electron chi connectivity index (χ1n) is 5.74. The van der Waals surface area contributed by atoms with Gasteiger partial charge in [0.1, 0.15) is 11.8 Å². The van der Waals surface area contributed by atoms with Gasteiger partial charge in [0.2, 0.25) is 11.4 Å². The lowest BCUT2D eigenvalue weighted by molar-refractivity contribution is 0.522. The maximum absolute atomic E-state index is 8.72. The normalized spacial score (nSPS) is 9.90. The molecule has 0 bridgehead atoms. The summed E-state index contributed by atoms with van der Waals surface area (Å²) in [5, 5.41) is 8.72. The van der Waals surface area contributed by atoms with E-state index < -0.39 is 0 Å². The molecule has 0 aliphatic rings. The molecule has 3 aromatic rings. The van der Waals surface area contributed by atoms with E-state index >= 15 is 0 Å². The van der Waals surface area contributed by atoms with Crippen molar-refractivity contribution in [1.29, 1.82) is 5.26 Å². The van der Waals surface area contributed by atoms with E-state index in [-0.39, 0.29) is 5.76 Å². The van der Waals surface area contributed by atoms with Crippen LogP contribution in [-0.4, -0.2) is 4.98 Å². The highest BCUT2D eigenvalue weighted by molar-refractivity contribution is 5.61. The van der Waals surface area contributed by atoms with Gasteiger partial charge in [-0.25, -0.2) is 4.85 Å². The lowest BCUT2D eigenvalue weighted by atomic mass is 10.3. The molecule has 0 saturated carbocycles. The molecule has 0 radical (unpaired) electrons. The van der Waals surface area contributed by atoms with Crippen LogP contribution in [0.4, 0.5) is 5.69 Å².